The van der Waals surface area contributed by atoms with Gasteiger partial charge < -0.3 is 10.2 Å². The Morgan fingerprint density at radius 1 is 1.43 bits per heavy atom. The molecule has 1 aromatic carbocycles. The maximum absolute atomic E-state index is 13.4. The lowest BCUT2D eigenvalue weighted by Gasteiger charge is -2.22. The van der Waals surface area contributed by atoms with Crippen LogP contribution in [0.15, 0.2) is 12.1 Å². The van der Waals surface area contributed by atoms with Crippen molar-refractivity contribution in [1.82, 2.24) is 10.2 Å². The molecule has 2 rings (SSSR count). The second-order valence-electron chi connectivity index (χ2n) is 6.25. The largest absolute Gasteiger partial charge is 0.350 e. The van der Waals surface area contributed by atoms with Gasteiger partial charge in [0.25, 0.3) is 0 Å². The van der Waals surface area contributed by atoms with Crippen molar-refractivity contribution >= 4 is 23.4 Å². The topological polar surface area (TPSA) is 49.4 Å². The van der Waals surface area contributed by atoms with E-state index in [4.69, 9.17) is 11.6 Å². The third kappa shape index (κ3) is 3.32. The number of nitrogens with zero attached hydrogens (tertiary/aromatic N) is 1. The first-order valence-electron chi connectivity index (χ1n) is 7.40. The highest BCUT2D eigenvalue weighted by molar-refractivity contribution is 6.31. The molecule has 1 unspecified atom stereocenters. The molecule has 1 fully saturated rings. The molecule has 0 saturated carbocycles. The van der Waals surface area contributed by atoms with E-state index in [9.17, 15) is 18.4 Å². The van der Waals surface area contributed by atoms with Gasteiger partial charge in [-0.25, -0.2) is 8.78 Å². The summed E-state index contributed by atoms with van der Waals surface area (Å²) in [4.78, 5) is 26.1. The van der Waals surface area contributed by atoms with E-state index < -0.39 is 23.1 Å². The molecule has 0 radical (unpaired) electrons. The minimum absolute atomic E-state index is 0.0302. The lowest BCUT2D eigenvalue weighted by molar-refractivity contribution is -0.138. The average molecular weight is 345 g/mol. The summed E-state index contributed by atoms with van der Waals surface area (Å²) < 4.78 is 26.5. The fraction of sp³-hybridized carbons (Fsp3) is 0.500. The van der Waals surface area contributed by atoms with Crippen LogP contribution in [0.2, 0.25) is 5.02 Å². The Labute approximate surface area is 138 Å². The van der Waals surface area contributed by atoms with Crippen LogP contribution in [-0.2, 0) is 16.1 Å². The molecule has 0 aliphatic carbocycles. The van der Waals surface area contributed by atoms with Gasteiger partial charge in [0.05, 0.1) is 5.02 Å². The molecule has 1 N–H and O–H groups in total. The Bertz CT molecular complexity index is 649. The number of carbonyl (C=O) groups is 2. The summed E-state index contributed by atoms with van der Waals surface area (Å²) in [6, 6.07) is 1.72. The molecular formula is C16H19ClF2N2O2. The van der Waals surface area contributed by atoms with Crippen LogP contribution in [0.25, 0.3) is 0 Å². The predicted octanol–water partition coefficient (Wildman–Crippen LogP) is 2.88. The molecule has 1 atom stereocenters. The average Bonchev–Trinajstić information content (AvgIpc) is 2.74. The summed E-state index contributed by atoms with van der Waals surface area (Å²) in [5, 5.41) is 2.30. The lowest BCUT2D eigenvalue weighted by Crippen LogP contribution is -2.44. The van der Waals surface area contributed by atoms with E-state index in [1.807, 2.05) is 6.92 Å². The molecule has 1 aliphatic heterocycles. The lowest BCUT2D eigenvalue weighted by atomic mass is 9.89. The van der Waals surface area contributed by atoms with Gasteiger partial charge in [-0.05, 0) is 25.0 Å². The number of benzene rings is 1. The number of hydrogen-bond donors (Lipinski definition) is 1. The molecule has 2 amide bonds. The number of likely N-dealkylation sites (N-methyl/N-ethyl adjacent to an activating group) is 1. The molecule has 126 valence electrons. The van der Waals surface area contributed by atoms with Gasteiger partial charge in [-0.2, -0.15) is 0 Å². The standard InChI is InChI=1S/C16H19ClF2N2O2/c1-4-21-11(7-16(2,3)15(21)23)14(22)20-8-9-5-6-10(18)13(19)12(9)17/h5-6,11H,4,7-8H2,1-3H3,(H,20,22). The second kappa shape index (κ2) is 6.43. The molecule has 1 heterocycles. The van der Waals surface area contributed by atoms with Crippen molar-refractivity contribution in [2.45, 2.75) is 39.8 Å². The van der Waals surface area contributed by atoms with Gasteiger partial charge in [0.1, 0.15) is 6.04 Å². The number of rotatable bonds is 4. The van der Waals surface area contributed by atoms with Gasteiger partial charge in [-0.15, -0.1) is 0 Å². The van der Waals surface area contributed by atoms with Gasteiger partial charge in [-0.3, -0.25) is 9.59 Å². The van der Waals surface area contributed by atoms with E-state index >= 15 is 0 Å². The Morgan fingerprint density at radius 2 is 2.09 bits per heavy atom. The number of amides is 2. The third-order valence-electron chi connectivity index (χ3n) is 4.13. The summed E-state index contributed by atoms with van der Waals surface area (Å²) in [6.45, 7) is 5.82. The minimum Gasteiger partial charge on any atom is -0.350 e. The van der Waals surface area contributed by atoms with E-state index in [0.717, 1.165) is 6.07 Å². The summed E-state index contributed by atoms with van der Waals surface area (Å²) in [5.41, 5.74) is -0.303. The normalized spacial score (nSPS) is 20.0. The van der Waals surface area contributed by atoms with Crippen molar-refractivity contribution < 1.29 is 18.4 Å². The molecule has 1 saturated heterocycles. The van der Waals surface area contributed by atoms with Crippen molar-refractivity contribution in [3.63, 3.8) is 0 Å². The van der Waals surface area contributed by atoms with E-state index in [1.54, 1.807) is 13.8 Å². The van der Waals surface area contributed by atoms with Crippen LogP contribution in [0.5, 0.6) is 0 Å². The Morgan fingerprint density at radius 3 is 2.70 bits per heavy atom. The second-order valence-corrected chi connectivity index (χ2v) is 6.63. The van der Waals surface area contributed by atoms with Gasteiger partial charge in [0.15, 0.2) is 11.6 Å². The zero-order valence-corrected chi connectivity index (χ0v) is 14.0. The number of hydrogen-bond acceptors (Lipinski definition) is 2. The molecule has 0 aromatic heterocycles. The number of halogens is 3. The number of likely N-dealkylation sites (tertiary alicyclic amines) is 1. The van der Waals surface area contributed by atoms with Crippen LogP contribution in [0, 0.1) is 17.0 Å². The van der Waals surface area contributed by atoms with Crippen LogP contribution in [0.4, 0.5) is 8.78 Å². The van der Waals surface area contributed by atoms with Gasteiger partial charge in [0, 0.05) is 18.5 Å². The van der Waals surface area contributed by atoms with Crippen LogP contribution in [0.1, 0.15) is 32.8 Å². The number of carbonyl (C=O) groups excluding carboxylic acids is 2. The molecule has 0 bridgehead atoms. The first-order chi connectivity index (χ1) is 10.7. The smallest absolute Gasteiger partial charge is 0.243 e. The monoisotopic (exact) mass is 344 g/mol. The third-order valence-corrected chi connectivity index (χ3v) is 4.54. The summed E-state index contributed by atoms with van der Waals surface area (Å²) >= 11 is 5.74. The van der Waals surface area contributed by atoms with Crippen molar-refractivity contribution in [1.29, 1.82) is 0 Å². The van der Waals surface area contributed by atoms with E-state index in [0.29, 0.717) is 13.0 Å². The molecule has 1 aliphatic rings. The molecule has 7 heteroatoms. The summed E-state index contributed by atoms with van der Waals surface area (Å²) in [6.07, 6.45) is 0.414. The van der Waals surface area contributed by atoms with E-state index in [-0.39, 0.29) is 28.9 Å². The molecule has 4 nitrogen and oxygen atoms in total. The molecule has 1 aromatic rings. The molecule has 23 heavy (non-hydrogen) atoms. The fourth-order valence-electron chi connectivity index (χ4n) is 2.81. The summed E-state index contributed by atoms with van der Waals surface area (Å²) in [5.74, 6) is -2.56. The highest BCUT2D eigenvalue weighted by Gasteiger charge is 2.47. The molecule has 0 spiro atoms. The maximum Gasteiger partial charge on any atom is 0.243 e. The Balaban J connectivity index is 2.08. The molecular weight excluding hydrogens is 326 g/mol. The highest BCUT2D eigenvalue weighted by atomic mass is 35.5. The quantitative estimate of drug-likeness (QED) is 0.854. The SMILES string of the molecule is CCN1C(=O)C(C)(C)CC1C(=O)NCc1ccc(F)c(F)c1Cl. The predicted molar refractivity (Wildman–Crippen MR) is 82.8 cm³/mol. The first kappa shape index (κ1) is 17.7. The maximum atomic E-state index is 13.4. The van der Waals surface area contributed by atoms with Crippen molar-refractivity contribution in [3.05, 3.63) is 34.4 Å². The Kier molecular flexibility index (Phi) is 4.94. The van der Waals surface area contributed by atoms with Gasteiger partial charge in [-0.1, -0.05) is 31.5 Å². The summed E-state index contributed by atoms with van der Waals surface area (Å²) in [7, 11) is 0. The first-order valence-corrected chi connectivity index (χ1v) is 7.78. The van der Waals surface area contributed by atoms with Crippen LogP contribution >= 0.6 is 11.6 Å². The minimum atomic E-state index is -1.13. The van der Waals surface area contributed by atoms with Gasteiger partial charge in [0.2, 0.25) is 11.8 Å². The number of nitrogens with one attached hydrogen (secondary N) is 1. The highest BCUT2D eigenvalue weighted by Crippen LogP contribution is 2.35. The van der Waals surface area contributed by atoms with Crippen LogP contribution < -0.4 is 5.32 Å². The van der Waals surface area contributed by atoms with Crippen LogP contribution in [0.3, 0.4) is 0 Å². The van der Waals surface area contributed by atoms with Crippen LogP contribution in [-0.4, -0.2) is 29.3 Å². The van der Waals surface area contributed by atoms with Crippen molar-refractivity contribution in [2.75, 3.05) is 6.54 Å². The van der Waals surface area contributed by atoms with E-state index in [2.05, 4.69) is 5.32 Å². The fourth-order valence-corrected chi connectivity index (χ4v) is 3.03. The van der Waals surface area contributed by atoms with Crippen molar-refractivity contribution in [3.8, 4) is 0 Å². The zero-order valence-electron chi connectivity index (χ0n) is 13.3. The Hall–Kier alpha value is -1.69. The van der Waals surface area contributed by atoms with E-state index in [1.165, 1.54) is 11.0 Å². The van der Waals surface area contributed by atoms with Gasteiger partial charge >= 0.3 is 0 Å². The van der Waals surface area contributed by atoms with Crippen molar-refractivity contribution in [2.24, 2.45) is 5.41 Å². The zero-order chi connectivity index (χ0) is 17.4.